The van der Waals surface area contributed by atoms with Crippen molar-refractivity contribution < 1.29 is 13.7 Å². The minimum absolute atomic E-state index is 0.240. The Morgan fingerprint density at radius 3 is 3.00 bits per heavy atom. The van der Waals surface area contributed by atoms with Gasteiger partial charge < -0.3 is 9.42 Å². The maximum absolute atomic E-state index is 13.4. The minimum Gasteiger partial charge on any atom is -0.364 e. The van der Waals surface area contributed by atoms with Gasteiger partial charge in [-0.1, -0.05) is 17.3 Å². The summed E-state index contributed by atoms with van der Waals surface area (Å²) in [6, 6.07) is 7.68. The lowest BCUT2D eigenvalue weighted by Crippen LogP contribution is -2.26. The fourth-order valence-electron chi connectivity index (χ4n) is 2.15. The van der Waals surface area contributed by atoms with E-state index >= 15 is 0 Å². The van der Waals surface area contributed by atoms with Crippen LogP contribution < -0.4 is 0 Å². The van der Waals surface area contributed by atoms with Crippen molar-refractivity contribution >= 4 is 5.91 Å². The second-order valence-corrected chi connectivity index (χ2v) is 4.82. The van der Waals surface area contributed by atoms with Crippen molar-refractivity contribution in [3.8, 4) is 11.3 Å². The van der Waals surface area contributed by atoms with E-state index in [0.717, 1.165) is 0 Å². The number of aromatic nitrogens is 3. The number of nitrogens with one attached hydrogen (secondary N) is 1. The average Bonchev–Trinajstić information content (AvgIpc) is 3.17. The fraction of sp³-hybridized carbons (Fsp3) is 0.133. The number of carbonyl (C=O) groups is 1. The van der Waals surface area contributed by atoms with Crippen LogP contribution in [0.15, 0.2) is 47.3 Å². The Hall–Kier alpha value is -2.96. The van der Waals surface area contributed by atoms with Crippen LogP contribution >= 0.6 is 0 Å². The molecule has 0 saturated carbocycles. The Balaban J connectivity index is 1.86. The van der Waals surface area contributed by atoms with E-state index in [1.807, 2.05) is 0 Å². The summed E-state index contributed by atoms with van der Waals surface area (Å²) in [7, 11) is 1.65. The summed E-state index contributed by atoms with van der Waals surface area (Å²) in [5.74, 6) is -0.613. The highest BCUT2D eigenvalue weighted by atomic mass is 19.1. The van der Waals surface area contributed by atoms with Crippen molar-refractivity contribution in [1.82, 2.24) is 20.3 Å². The van der Waals surface area contributed by atoms with Gasteiger partial charge >= 0.3 is 0 Å². The molecule has 0 saturated heterocycles. The highest BCUT2D eigenvalue weighted by molar-refractivity contribution is 5.99. The SMILES string of the molecule is CN(Cc1ccon1)C(=O)c1cn[nH]c1-c1cccc(F)c1. The van der Waals surface area contributed by atoms with E-state index in [0.29, 0.717) is 29.1 Å². The van der Waals surface area contributed by atoms with Crippen LogP contribution in [0.1, 0.15) is 16.1 Å². The van der Waals surface area contributed by atoms with Crippen molar-refractivity contribution in [2.45, 2.75) is 6.54 Å². The zero-order chi connectivity index (χ0) is 15.5. The first-order chi connectivity index (χ1) is 10.6. The van der Waals surface area contributed by atoms with Gasteiger partial charge in [0.25, 0.3) is 5.91 Å². The maximum Gasteiger partial charge on any atom is 0.257 e. The largest absolute Gasteiger partial charge is 0.364 e. The molecule has 1 aromatic carbocycles. The Kier molecular flexibility index (Phi) is 3.69. The summed E-state index contributed by atoms with van der Waals surface area (Å²) in [5.41, 5.74) is 2.07. The van der Waals surface area contributed by atoms with Crippen LogP contribution in [0.5, 0.6) is 0 Å². The van der Waals surface area contributed by atoms with E-state index in [1.165, 1.54) is 29.5 Å². The van der Waals surface area contributed by atoms with Gasteiger partial charge in [-0.25, -0.2) is 4.39 Å². The molecule has 2 aromatic heterocycles. The predicted molar refractivity (Wildman–Crippen MR) is 76.3 cm³/mol. The number of carbonyl (C=O) groups excluding carboxylic acids is 1. The molecule has 6 nitrogen and oxygen atoms in total. The van der Waals surface area contributed by atoms with Crippen LogP contribution in [0.25, 0.3) is 11.3 Å². The molecule has 0 aliphatic carbocycles. The van der Waals surface area contributed by atoms with Crippen molar-refractivity contribution in [3.63, 3.8) is 0 Å². The number of rotatable bonds is 4. The fourth-order valence-corrected chi connectivity index (χ4v) is 2.15. The van der Waals surface area contributed by atoms with E-state index in [2.05, 4.69) is 15.4 Å². The molecule has 22 heavy (non-hydrogen) atoms. The Bertz CT molecular complexity index is 782. The maximum atomic E-state index is 13.4. The number of aromatic amines is 1. The number of hydrogen-bond donors (Lipinski definition) is 1. The van der Waals surface area contributed by atoms with Gasteiger partial charge in [-0.05, 0) is 12.1 Å². The van der Waals surface area contributed by atoms with E-state index in [-0.39, 0.29) is 11.7 Å². The van der Waals surface area contributed by atoms with Gasteiger partial charge in [0.15, 0.2) is 0 Å². The monoisotopic (exact) mass is 300 g/mol. The minimum atomic E-state index is -0.374. The molecule has 0 spiro atoms. The molecular weight excluding hydrogens is 287 g/mol. The highest BCUT2D eigenvalue weighted by Gasteiger charge is 2.19. The molecule has 7 heteroatoms. The molecule has 0 atom stereocenters. The van der Waals surface area contributed by atoms with Crippen LogP contribution in [0.4, 0.5) is 4.39 Å². The van der Waals surface area contributed by atoms with E-state index in [4.69, 9.17) is 4.52 Å². The van der Waals surface area contributed by atoms with Crippen LogP contribution in [-0.4, -0.2) is 33.2 Å². The van der Waals surface area contributed by atoms with Gasteiger partial charge in [0.2, 0.25) is 0 Å². The molecule has 0 aliphatic heterocycles. The molecule has 1 amide bonds. The number of amides is 1. The van der Waals surface area contributed by atoms with Crippen molar-refractivity contribution in [2.75, 3.05) is 7.05 Å². The van der Waals surface area contributed by atoms with Gasteiger partial charge in [0.05, 0.1) is 24.0 Å². The Morgan fingerprint density at radius 1 is 1.41 bits per heavy atom. The highest BCUT2D eigenvalue weighted by Crippen LogP contribution is 2.23. The van der Waals surface area contributed by atoms with Gasteiger partial charge in [0, 0.05) is 18.7 Å². The first-order valence-corrected chi connectivity index (χ1v) is 6.59. The number of nitrogens with zero attached hydrogens (tertiary/aromatic N) is 3. The molecule has 0 bridgehead atoms. The van der Waals surface area contributed by atoms with Gasteiger partial charge in [-0.15, -0.1) is 0 Å². The molecule has 112 valence electrons. The Labute approximate surface area is 125 Å². The lowest BCUT2D eigenvalue weighted by Gasteiger charge is -2.15. The zero-order valence-electron chi connectivity index (χ0n) is 11.8. The number of hydrogen-bond acceptors (Lipinski definition) is 4. The molecule has 0 aliphatic rings. The van der Waals surface area contributed by atoms with Crippen LogP contribution in [0, 0.1) is 5.82 Å². The second-order valence-electron chi connectivity index (χ2n) is 4.82. The van der Waals surface area contributed by atoms with Gasteiger partial charge in [-0.2, -0.15) is 5.10 Å². The normalized spacial score (nSPS) is 10.6. The first kappa shape index (κ1) is 14.0. The molecule has 0 fully saturated rings. The van der Waals surface area contributed by atoms with Crippen molar-refractivity contribution in [3.05, 3.63) is 59.9 Å². The number of benzene rings is 1. The standard InChI is InChI=1S/C15H13FN4O2/c1-20(9-12-5-6-22-19-12)15(21)13-8-17-18-14(13)10-3-2-4-11(16)7-10/h2-8H,9H2,1H3,(H,17,18). The molecule has 0 unspecified atom stereocenters. The lowest BCUT2D eigenvalue weighted by atomic mass is 10.1. The quantitative estimate of drug-likeness (QED) is 0.803. The summed E-state index contributed by atoms with van der Waals surface area (Å²) < 4.78 is 18.1. The topological polar surface area (TPSA) is 75.0 Å². The average molecular weight is 300 g/mol. The third-order valence-electron chi connectivity index (χ3n) is 3.22. The molecule has 3 aromatic rings. The van der Waals surface area contributed by atoms with E-state index < -0.39 is 0 Å². The third kappa shape index (κ3) is 2.73. The summed E-state index contributed by atoms with van der Waals surface area (Å²) in [4.78, 5) is 14.0. The van der Waals surface area contributed by atoms with E-state index in [9.17, 15) is 9.18 Å². The Morgan fingerprint density at radius 2 is 2.27 bits per heavy atom. The van der Waals surface area contributed by atoms with Gasteiger partial charge in [0.1, 0.15) is 17.8 Å². The third-order valence-corrected chi connectivity index (χ3v) is 3.22. The smallest absolute Gasteiger partial charge is 0.257 e. The van der Waals surface area contributed by atoms with E-state index in [1.54, 1.807) is 25.2 Å². The van der Waals surface area contributed by atoms with Crippen LogP contribution in [0.3, 0.4) is 0 Å². The zero-order valence-corrected chi connectivity index (χ0v) is 11.8. The van der Waals surface area contributed by atoms with Crippen LogP contribution in [0.2, 0.25) is 0 Å². The number of H-pyrrole nitrogens is 1. The molecule has 2 heterocycles. The van der Waals surface area contributed by atoms with Crippen LogP contribution in [-0.2, 0) is 6.54 Å². The van der Waals surface area contributed by atoms with Crippen molar-refractivity contribution in [1.29, 1.82) is 0 Å². The first-order valence-electron chi connectivity index (χ1n) is 6.59. The summed E-state index contributed by atoms with van der Waals surface area (Å²) in [5, 5.41) is 10.4. The molecule has 1 N–H and O–H groups in total. The second kappa shape index (κ2) is 5.80. The molecule has 0 radical (unpaired) electrons. The van der Waals surface area contributed by atoms with Crippen molar-refractivity contribution in [2.24, 2.45) is 0 Å². The summed E-state index contributed by atoms with van der Waals surface area (Å²) >= 11 is 0. The predicted octanol–water partition coefficient (Wildman–Crippen LogP) is 2.48. The molecule has 3 rings (SSSR count). The molecular formula is C15H13FN4O2. The summed E-state index contributed by atoms with van der Waals surface area (Å²) in [6.45, 7) is 0.309. The lowest BCUT2D eigenvalue weighted by molar-refractivity contribution is 0.0783. The summed E-state index contributed by atoms with van der Waals surface area (Å²) in [6.07, 6.45) is 2.88. The van der Waals surface area contributed by atoms with Gasteiger partial charge in [-0.3, -0.25) is 9.89 Å². The number of halogens is 1.